The molecule has 0 saturated carbocycles. The van der Waals surface area contributed by atoms with Gasteiger partial charge in [0.05, 0.1) is 15.9 Å². The number of nitrogens with one attached hydrogen (secondary N) is 1. The molecule has 30 heavy (non-hydrogen) atoms. The summed E-state index contributed by atoms with van der Waals surface area (Å²) in [6.45, 7) is 2.92. The van der Waals surface area contributed by atoms with Crippen molar-refractivity contribution in [3.63, 3.8) is 0 Å². The molecule has 0 spiro atoms. The van der Waals surface area contributed by atoms with E-state index < -0.39 is 21.0 Å². The lowest BCUT2D eigenvalue weighted by Crippen LogP contribution is -2.53. The summed E-state index contributed by atoms with van der Waals surface area (Å²) < 4.78 is 27.9. The second-order valence-electron chi connectivity index (χ2n) is 6.87. The predicted molar refractivity (Wildman–Crippen MR) is 116 cm³/mol. The first-order chi connectivity index (χ1) is 14.2. The van der Waals surface area contributed by atoms with Crippen LogP contribution in [-0.2, 0) is 14.8 Å². The van der Waals surface area contributed by atoms with Crippen LogP contribution in [0.5, 0.6) is 0 Å². The molecule has 3 rings (SSSR count). The van der Waals surface area contributed by atoms with Gasteiger partial charge in [0, 0.05) is 48.5 Å². The molecule has 0 aromatic heterocycles. The maximum atomic E-state index is 12.8. The van der Waals surface area contributed by atoms with Gasteiger partial charge in [0.1, 0.15) is 0 Å². The third-order valence-electron chi connectivity index (χ3n) is 4.98. The van der Waals surface area contributed by atoms with Crippen LogP contribution in [0.1, 0.15) is 6.92 Å². The first-order valence-corrected chi connectivity index (χ1v) is 11.5. The normalized spacial score (nSPS) is 16.7. The number of amides is 1. The molecule has 1 amide bonds. The molecule has 0 aliphatic carbocycles. The minimum absolute atomic E-state index is 0.105. The Labute approximate surface area is 183 Å². The number of hydrogen-bond donors (Lipinski definition) is 1. The van der Waals surface area contributed by atoms with Gasteiger partial charge in [-0.15, -0.1) is 0 Å². The van der Waals surface area contributed by atoms with Crippen LogP contribution in [0.3, 0.4) is 0 Å². The SMILES string of the molecule is CC(C(=O)Nc1ccc(Br)cc1)N1CCN(S(=O)(=O)c2cccc([N+](=O)[O-])c2)CC1. The van der Waals surface area contributed by atoms with Gasteiger partial charge < -0.3 is 5.32 Å². The number of nitrogens with zero attached hydrogens (tertiary/aromatic N) is 3. The van der Waals surface area contributed by atoms with Crippen molar-refractivity contribution in [3.8, 4) is 0 Å². The first kappa shape index (κ1) is 22.3. The zero-order chi connectivity index (χ0) is 21.9. The minimum atomic E-state index is -3.84. The molecule has 0 bridgehead atoms. The highest BCUT2D eigenvalue weighted by molar-refractivity contribution is 9.10. The number of anilines is 1. The summed E-state index contributed by atoms with van der Waals surface area (Å²) in [6.07, 6.45) is 0. The number of benzene rings is 2. The topological polar surface area (TPSA) is 113 Å². The molecule has 0 radical (unpaired) electrons. The van der Waals surface area contributed by atoms with Crippen molar-refractivity contribution in [2.45, 2.75) is 17.9 Å². The fourth-order valence-corrected chi connectivity index (χ4v) is 4.91. The van der Waals surface area contributed by atoms with Gasteiger partial charge >= 0.3 is 0 Å². The average molecular weight is 497 g/mol. The molecule has 1 fully saturated rings. The lowest BCUT2D eigenvalue weighted by molar-refractivity contribution is -0.385. The van der Waals surface area contributed by atoms with E-state index >= 15 is 0 Å². The van der Waals surface area contributed by atoms with Crippen molar-refractivity contribution < 1.29 is 18.1 Å². The Morgan fingerprint density at radius 3 is 2.37 bits per heavy atom. The molecule has 1 N–H and O–H groups in total. The third-order valence-corrected chi connectivity index (χ3v) is 7.40. The van der Waals surface area contributed by atoms with Crippen molar-refractivity contribution in [1.29, 1.82) is 0 Å². The Morgan fingerprint density at radius 1 is 1.13 bits per heavy atom. The van der Waals surface area contributed by atoms with Crippen molar-refractivity contribution in [2.24, 2.45) is 0 Å². The van der Waals surface area contributed by atoms with Crippen molar-refractivity contribution in [1.82, 2.24) is 9.21 Å². The van der Waals surface area contributed by atoms with Crippen LogP contribution in [0.15, 0.2) is 57.9 Å². The molecular formula is C19H21BrN4O5S. The molecule has 11 heteroatoms. The van der Waals surface area contributed by atoms with Crippen LogP contribution in [0, 0.1) is 10.1 Å². The van der Waals surface area contributed by atoms with E-state index in [1.54, 1.807) is 19.1 Å². The van der Waals surface area contributed by atoms with E-state index in [4.69, 9.17) is 0 Å². The van der Waals surface area contributed by atoms with Crippen LogP contribution < -0.4 is 5.32 Å². The standard InChI is InChI=1S/C19H21BrN4O5S/c1-14(19(25)21-16-7-5-15(20)6-8-16)22-9-11-23(12-10-22)30(28,29)18-4-2-3-17(13-18)24(26)27/h2-8,13-14H,9-12H2,1H3,(H,21,25). The number of rotatable bonds is 6. The minimum Gasteiger partial charge on any atom is -0.325 e. The van der Waals surface area contributed by atoms with E-state index in [0.29, 0.717) is 18.8 Å². The predicted octanol–water partition coefficient (Wildman–Crippen LogP) is 2.69. The number of nitro groups is 1. The maximum absolute atomic E-state index is 12.8. The third kappa shape index (κ3) is 5.04. The molecule has 1 atom stereocenters. The summed E-state index contributed by atoms with van der Waals surface area (Å²) in [5.41, 5.74) is 0.412. The van der Waals surface area contributed by atoms with E-state index in [1.807, 2.05) is 17.0 Å². The second kappa shape index (κ2) is 9.21. The van der Waals surface area contributed by atoms with Crippen molar-refractivity contribution >= 4 is 43.2 Å². The molecular weight excluding hydrogens is 476 g/mol. The van der Waals surface area contributed by atoms with Gasteiger partial charge in [-0.3, -0.25) is 19.8 Å². The van der Waals surface area contributed by atoms with Gasteiger partial charge in [-0.05, 0) is 37.3 Å². The zero-order valence-corrected chi connectivity index (χ0v) is 18.6. The zero-order valence-electron chi connectivity index (χ0n) is 16.2. The number of hydrogen-bond acceptors (Lipinski definition) is 6. The van der Waals surface area contributed by atoms with Gasteiger partial charge in [0.2, 0.25) is 15.9 Å². The summed E-state index contributed by atoms with van der Waals surface area (Å²) in [6, 6.07) is 11.8. The molecule has 1 aliphatic rings. The molecule has 160 valence electrons. The highest BCUT2D eigenvalue weighted by atomic mass is 79.9. The number of nitro benzene ring substituents is 1. The van der Waals surface area contributed by atoms with Crippen LogP contribution in [0.2, 0.25) is 0 Å². The summed E-state index contributed by atoms with van der Waals surface area (Å²) >= 11 is 3.34. The molecule has 9 nitrogen and oxygen atoms in total. The monoisotopic (exact) mass is 496 g/mol. The number of non-ortho nitro benzene ring substituents is 1. The van der Waals surface area contributed by atoms with E-state index in [1.165, 1.54) is 22.5 Å². The fraction of sp³-hybridized carbons (Fsp3) is 0.316. The number of carbonyl (C=O) groups excluding carboxylic acids is 1. The van der Waals surface area contributed by atoms with Gasteiger partial charge in [0.25, 0.3) is 5.69 Å². The Kier molecular flexibility index (Phi) is 6.86. The number of halogens is 1. The quantitative estimate of drug-likeness (QED) is 0.485. The largest absolute Gasteiger partial charge is 0.325 e. The van der Waals surface area contributed by atoms with Gasteiger partial charge in [0.15, 0.2) is 0 Å². The molecule has 2 aromatic rings. The Hall–Kier alpha value is -2.34. The molecule has 2 aromatic carbocycles. The van der Waals surface area contributed by atoms with E-state index in [2.05, 4.69) is 21.2 Å². The number of sulfonamides is 1. The molecule has 1 heterocycles. The van der Waals surface area contributed by atoms with Crippen LogP contribution >= 0.6 is 15.9 Å². The maximum Gasteiger partial charge on any atom is 0.270 e. The second-order valence-corrected chi connectivity index (χ2v) is 9.72. The van der Waals surface area contributed by atoms with Crippen molar-refractivity contribution in [3.05, 3.63) is 63.1 Å². The van der Waals surface area contributed by atoms with Gasteiger partial charge in [-0.25, -0.2) is 8.42 Å². The van der Waals surface area contributed by atoms with Crippen molar-refractivity contribution in [2.75, 3.05) is 31.5 Å². The van der Waals surface area contributed by atoms with Crippen LogP contribution in [0.4, 0.5) is 11.4 Å². The number of piperazine rings is 1. The fourth-order valence-electron chi connectivity index (χ4n) is 3.18. The summed E-state index contributed by atoms with van der Waals surface area (Å²) in [5.74, 6) is -0.174. The van der Waals surface area contributed by atoms with E-state index in [0.717, 1.165) is 10.5 Å². The lowest BCUT2D eigenvalue weighted by Gasteiger charge is -2.36. The Morgan fingerprint density at radius 2 is 1.77 bits per heavy atom. The van der Waals surface area contributed by atoms with E-state index in [9.17, 15) is 23.3 Å². The summed E-state index contributed by atoms with van der Waals surface area (Å²) in [5, 5.41) is 13.8. The summed E-state index contributed by atoms with van der Waals surface area (Å²) in [7, 11) is -3.84. The Balaban J connectivity index is 1.62. The first-order valence-electron chi connectivity index (χ1n) is 9.23. The highest BCUT2D eigenvalue weighted by Crippen LogP contribution is 2.22. The average Bonchev–Trinajstić information content (AvgIpc) is 2.75. The van der Waals surface area contributed by atoms with Crippen LogP contribution in [-0.4, -0.2) is 60.7 Å². The van der Waals surface area contributed by atoms with Gasteiger partial charge in [-0.1, -0.05) is 22.0 Å². The molecule has 1 aliphatic heterocycles. The van der Waals surface area contributed by atoms with Crippen LogP contribution in [0.25, 0.3) is 0 Å². The molecule has 1 unspecified atom stereocenters. The van der Waals surface area contributed by atoms with Gasteiger partial charge in [-0.2, -0.15) is 4.31 Å². The Bertz CT molecular complexity index is 1040. The lowest BCUT2D eigenvalue weighted by atomic mass is 10.2. The van der Waals surface area contributed by atoms with E-state index in [-0.39, 0.29) is 29.6 Å². The molecule has 1 saturated heterocycles. The highest BCUT2D eigenvalue weighted by Gasteiger charge is 2.32. The number of carbonyl (C=O) groups is 1. The summed E-state index contributed by atoms with van der Waals surface area (Å²) in [4.78, 5) is 24.7. The smallest absolute Gasteiger partial charge is 0.270 e.